The smallest absolute Gasteiger partial charge is 0.416 e. The molecule has 0 aliphatic carbocycles. The fourth-order valence-corrected chi connectivity index (χ4v) is 3.08. The average molecular weight is 305 g/mol. The van der Waals surface area contributed by atoms with Crippen molar-refractivity contribution in [3.8, 4) is 0 Å². The maximum Gasteiger partial charge on any atom is 0.416 e. The van der Waals surface area contributed by atoms with Crippen LogP contribution in [-0.4, -0.2) is 23.5 Å². The molecule has 1 aliphatic heterocycles. The highest BCUT2D eigenvalue weighted by Crippen LogP contribution is 2.39. The predicted molar refractivity (Wildman–Crippen MR) is 69.7 cm³/mol. The van der Waals surface area contributed by atoms with Crippen LogP contribution in [0.2, 0.25) is 0 Å². The van der Waals surface area contributed by atoms with E-state index in [-0.39, 0.29) is 6.10 Å². The second-order valence-corrected chi connectivity index (χ2v) is 6.73. The van der Waals surface area contributed by atoms with Gasteiger partial charge in [0.05, 0.1) is 16.9 Å². The highest BCUT2D eigenvalue weighted by atomic mass is 32.2. The standard InChI is InChI=1S/C13H14F3NO2S/c1-12(2,10-7-17-11(18)19-10)20-9-5-3-4-8(6-9)13(14,15)16/h3-6,10H,7H2,1-2H3,(H,17,18). The van der Waals surface area contributed by atoms with E-state index in [9.17, 15) is 18.0 Å². The summed E-state index contributed by atoms with van der Waals surface area (Å²) in [4.78, 5) is 11.5. The predicted octanol–water partition coefficient (Wildman–Crippen LogP) is 3.68. The number of amides is 1. The van der Waals surface area contributed by atoms with Crippen LogP contribution < -0.4 is 5.32 Å². The maximum atomic E-state index is 12.7. The van der Waals surface area contributed by atoms with Crippen molar-refractivity contribution in [2.24, 2.45) is 0 Å². The molecule has 1 amide bonds. The zero-order valence-corrected chi connectivity index (χ0v) is 11.8. The van der Waals surface area contributed by atoms with Gasteiger partial charge in [0.1, 0.15) is 6.10 Å². The highest BCUT2D eigenvalue weighted by Gasteiger charge is 2.38. The summed E-state index contributed by atoms with van der Waals surface area (Å²) in [7, 11) is 0. The van der Waals surface area contributed by atoms with E-state index in [2.05, 4.69) is 5.32 Å². The van der Waals surface area contributed by atoms with Gasteiger partial charge in [-0.05, 0) is 32.0 Å². The number of carbonyl (C=O) groups is 1. The van der Waals surface area contributed by atoms with Gasteiger partial charge in [-0.3, -0.25) is 0 Å². The molecule has 110 valence electrons. The average Bonchev–Trinajstić information content (AvgIpc) is 2.75. The number of rotatable bonds is 3. The third-order valence-corrected chi connectivity index (χ3v) is 4.28. The number of ether oxygens (including phenoxy) is 1. The molecule has 0 saturated carbocycles. The highest BCUT2D eigenvalue weighted by molar-refractivity contribution is 8.00. The van der Waals surface area contributed by atoms with Gasteiger partial charge < -0.3 is 10.1 Å². The van der Waals surface area contributed by atoms with Crippen molar-refractivity contribution in [1.82, 2.24) is 5.32 Å². The number of alkyl carbamates (subject to hydrolysis) is 1. The monoisotopic (exact) mass is 305 g/mol. The van der Waals surface area contributed by atoms with Gasteiger partial charge in [0.25, 0.3) is 0 Å². The van der Waals surface area contributed by atoms with Crippen LogP contribution >= 0.6 is 11.8 Å². The zero-order chi connectivity index (χ0) is 15.0. The van der Waals surface area contributed by atoms with Crippen molar-refractivity contribution in [1.29, 1.82) is 0 Å². The van der Waals surface area contributed by atoms with Crippen LogP contribution in [0.15, 0.2) is 29.2 Å². The van der Waals surface area contributed by atoms with E-state index in [0.29, 0.717) is 11.4 Å². The van der Waals surface area contributed by atoms with Crippen LogP contribution in [0.5, 0.6) is 0 Å². The third-order valence-electron chi connectivity index (χ3n) is 3.00. The largest absolute Gasteiger partial charge is 0.443 e. The molecule has 1 N–H and O–H groups in total. The molecule has 2 rings (SSSR count). The number of carbonyl (C=O) groups excluding carboxylic acids is 1. The van der Waals surface area contributed by atoms with E-state index in [1.807, 2.05) is 13.8 Å². The minimum absolute atomic E-state index is 0.359. The van der Waals surface area contributed by atoms with Crippen molar-refractivity contribution in [2.75, 3.05) is 6.54 Å². The first-order chi connectivity index (χ1) is 9.18. The number of halogens is 3. The summed E-state index contributed by atoms with van der Waals surface area (Å²) in [6.07, 6.45) is -5.23. The number of thioether (sulfide) groups is 1. The van der Waals surface area contributed by atoms with E-state index < -0.39 is 22.6 Å². The number of cyclic esters (lactones) is 1. The second kappa shape index (κ2) is 5.20. The molecule has 1 atom stereocenters. The van der Waals surface area contributed by atoms with Gasteiger partial charge in [0.15, 0.2) is 0 Å². The molecule has 1 unspecified atom stereocenters. The molecule has 7 heteroatoms. The Kier molecular flexibility index (Phi) is 3.90. The normalized spacial score (nSPS) is 19.6. The van der Waals surface area contributed by atoms with Crippen LogP contribution in [0.3, 0.4) is 0 Å². The number of benzene rings is 1. The molecule has 3 nitrogen and oxygen atoms in total. The minimum atomic E-state index is -4.36. The number of nitrogens with one attached hydrogen (secondary N) is 1. The summed E-state index contributed by atoms with van der Waals surface area (Å²) in [5, 5.41) is 2.54. The first-order valence-corrected chi connectivity index (χ1v) is 6.81. The molecule has 0 bridgehead atoms. The van der Waals surface area contributed by atoms with E-state index in [1.54, 1.807) is 6.07 Å². The topological polar surface area (TPSA) is 38.3 Å². The van der Waals surface area contributed by atoms with Gasteiger partial charge in [0, 0.05) is 4.90 Å². The van der Waals surface area contributed by atoms with Crippen molar-refractivity contribution in [2.45, 2.75) is 35.8 Å². The molecular weight excluding hydrogens is 291 g/mol. The fourth-order valence-electron chi connectivity index (χ4n) is 1.88. The van der Waals surface area contributed by atoms with Crippen LogP contribution in [0, 0.1) is 0 Å². The summed E-state index contributed by atoms with van der Waals surface area (Å²) >= 11 is 1.26. The molecule has 0 spiro atoms. The van der Waals surface area contributed by atoms with Crippen molar-refractivity contribution < 1.29 is 22.7 Å². The van der Waals surface area contributed by atoms with Gasteiger partial charge in [-0.1, -0.05) is 6.07 Å². The van der Waals surface area contributed by atoms with E-state index in [0.717, 1.165) is 12.1 Å². The molecule has 20 heavy (non-hydrogen) atoms. The number of hydrogen-bond acceptors (Lipinski definition) is 3. The molecule has 1 aliphatic rings. The molecule has 1 aromatic rings. The molecule has 0 aromatic heterocycles. The minimum Gasteiger partial charge on any atom is -0.443 e. The molecule has 1 aromatic carbocycles. The molecular formula is C13H14F3NO2S. The Morgan fingerprint density at radius 2 is 2.05 bits per heavy atom. The first kappa shape index (κ1) is 15.0. The lowest BCUT2D eigenvalue weighted by Crippen LogP contribution is -2.35. The molecule has 0 radical (unpaired) electrons. The second-order valence-electron chi connectivity index (χ2n) is 5.01. The molecule has 1 fully saturated rings. The SMILES string of the molecule is CC(C)(Sc1cccc(C(F)(F)F)c1)C1CNC(=O)O1. The van der Waals surface area contributed by atoms with Crippen LogP contribution in [0.25, 0.3) is 0 Å². The van der Waals surface area contributed by atoms with Gasteiger partial charge in [0.2, 0.25) is 0 Å². The summed E-state index contributed by atoms with van der Waals surface area (Å²) < 4.78 is 42.6. The zero-order valence-electron chi connectivity index (χ0n) is 11.0. The lowest BCUT2D eigenvalue weighted by Gasteiger charge is -2.28. The van der Waals surface area contributed by atoms with Crippen LogP contribution in [0.1, 0.15) is 19.4 Å². The fraction of sp³-hybridized carbons (Fsp3) is 0.462. The van der Waals surface area contributed by atoms with Gasteiger partial charge in [-0.25, -0.2) is 4.79 Å². The van der Waals surface area contributed by atoms with Gasteiger partial charge in [-0.15, -0.1) is 11.8 Å². The summed E-state index contributed by atoms with van der Waals surface area (Å²) in [5.74, 6) is 0. The Labute approximate surface area is 118 Å². The molecule has 1 heterocycles. The van der Waals surface area contributed by atoms with Crippen molar-refractivity contribution >= 4 is 17.9 Å². The van der Waals surface area contributed by atoms with Crippen molar-refractivity contribution in [3.05, 3.63) is 29.8 Å². The van der Waals surface area contributed by atoms with Crippen LogP contribution in [0.4, 0.5) is 18.0 Å². The summed E-state index contributed by atoms with van der Waals surface area (Å²) in [6.45, 7) is 4.03. The summed E-state index contributed by atoms with van der Waals surface area (Å²) in [5.41, 5.74) is -0.681. The van der Waals surface area contributed by atoms with Crippen molar-refractivity contribution in [3.63, 3.8) is 0 Å². The Morgan fingerprint density at radius 3 is 2.60 bits per heavy atom. The van der Waals surface area contributed by atoms with E-state index in [1.165, 1.54) is 17.8 Å². The molecule has 1 saturated heterocycles. The van der Waals surface area contributed by atoms with Gasteiger partial charge >= 0.3 is 12.3 Å². The Bertz CT molecular complexity index is 517. The number of hydrogen-bond donors (Lipinski definition) is 1. The Balaban J connectivity index is 2.15. The maximum absolute atomic E-state index is 12.7. The Morgan fingerprint density at radius 1 is 1.35 bits per heavy atom. The number of alkyl halides is 3. The summed E-state index contributed by atoms with van der Waals surface area (Å²) in [6, 6.07) is 5.14. The Hall–Kier alpha value is -1.37. The quantitative estimate of drug-likeness (QED) is 0.866. The lowest BCUT2D eigenvalue weighted by atomic mass is 10.1. The van der Waals surface area contributed by atoms with E-state index in [4.69, 9.17) is 4.74 Å². The third kappa shape index (κ3) is 3.39. The first-order valence-electron chi connectivity index (χ1n) is 5.99. The van der Waals surface area contributed by atoms with Crippen LogP contribution in [-0.2, 0) is 10.9 Å². The van der Waals surface area contributed by atoms with Gasteiger partial charge in [-0.2, -0.15) is 13.2 Å². The lowest BCUT2D eigenvalue weighted by molar-refractivity contribution is -0.137. The van der Waals surface area contributed by atoms with E-state index >= 15 is 0 Å².